The lowest BCUT2D eigenvalue weighted by Gasteiger charge is -2.18. The average molecular weight is 267 g/mol. The van der Waals surface area contributed by atoms with Crippen LogP contribution < -0.4 is 16.6 Å². The molecule has 1 aliphatic rings. The van der Waals surface area contributed by atoms with Gasteiger partial charge in [-0.2, -0.15) is 11.8 Å². The smallest absolute Gasteiger partial charge is 0.148 e. The van der Waals surface area contributed by atoms with Gasteiger partial charge in [0.1, 0.15) is 17.5 Å². The van der Waals surface area contributed by atoms with Crippen molar-refractivity contribution in [2.75, 3.05) is 22.2 Å². The van der Waals surface area contributed by atoms with Crippen molar-refractivity contribution >= 4 is 23.4 Å². The zero-order valence-electron chi connectivity index (χ0n) is 11.2. The third-order valence-corrected chi connectivity index (χ3v) is 4.25. The van der Waals surface area contributed by atoms with E-state index in [1.807, 2.05) is 18.7 Å². The molecule has 0 bridgehead atoms. The number of anilines is 2. The Morgan fingerprint density at radius 1 is 1.33 bits per heavy atom. The van der Waals surface area contributed by atoms with Crippen molar-refractivity contribution in [3.05, 3.63) is 11.4 Å². The van der Waals surface area contributed by atoms with E-state index in [2.05, 4.69) is 34.6 Å². The fourth-order valence-electron chi connectivity index (χ4n) is 1.91. The monoisotopic (exact) mass is 267 g/mol. The predicted octanol–water partition coefficient (Wildman–Crippen LogP) is 2.11. The SMILES string of the molecule is Cc1c(NN)nc(C(C)C)nc1NC1CCSC1. The number of thioether (sulfide) groups is 1. The van der Waals surface area contributed by atoms with Crippen LogP contribution in [0.25, 0.3) is 0 Å². The lowest BCUT2D eigenvalue weighted by molar-refractivity contribution is 0.758. The minimum absolute atomic E-state index is 0.288. The van der Waals surface area contributed by atoms with Crippen LogP contribution in [-0.2, 0) is 0 Å². The molecular weight excluding hydrogens is 246 g/mol. The minimum atomic E-state index is 0.288. The van der Waals surface area contributed by atoms with Crippen molar-refractivity contribution in [2.45, 2.75) is 39.2 Å². The predicted molar refractivity (Wildman–Crippen MR) is 78.0 cm³/mol. The number of aromatic nitrogens is 2. The minimum Gasteiger partial charge on any atom is -0.366 e. The van der Waals surface area contributed by atoms with Gasteiger partial charge in [-0.15, -0.1) is 0 Å². The molecule has 1 aromatic heterocycles. The summed E-state index contributed by atoms with van der Waals surface area (Å²) in [4.78, 5) is 9.05. The maximum absolute atomic E-state index is 5.52. The summed E-state index contributed by atoms with van der Waals surface area (Å²) in [6.45, 7) is 6.16. The van der Waals surface area contributed by atoms with Crippen LogP contribution in [0.1, 0.15) is 37.6 Å². The van der Waals surface area contributed by atoms with E-state index >= 15 is 0 Å². The molecule has 0 amide bonds. The summed E-state index contributed by atoms with van der Waals surface area (Å²) in [6, 6.07) is 0.509. The number of nitrogens with one attached hydrogen (secondary N) is 2. The second kappa shape index (κ2) is 5.75. The van der Waals surface area contributed by atoms with Gasteiger partial charge in [-0.25, -0.2) is 15.8 Å². The van der Waals surface area contributed by atoms with Gasteiger partial charge in [-0.3, -0.25) is 0 Å². The van der Waals surface area contributed by atoms with Gasteiger partial charge in [0.2, 0.25) is 0 Å². The quantitative estimate of drug-likeness (QED) is 0.573. The molecule has 100 valence electrons. The largest absolute Gasteiger partial charge is 0.366 e. The number of nitrogen functional groups attached to an aromatic ring is 1. The lowest BCUT2D eigenvalue weighted by atomic mass is 10.2. The van der Waals surface area contributed by atoms with E-state index in [1.165, 1.54) is 12.2 Å². The van der Waals surface area contributed by atoms with Gasteiger partial charge >= 0.3 is 0 Å². The summed E-state index contributed by atoms with van der Waals surface area (Å²) in [5.41, 5.74) is 3.64. The highest BCUT2D eigenvalue weighted by Crippen LogP contribution is 2.26. The number of nitrogens with two attached hydrogens (primary N) is 1. The van der Waals surface area contributed by atoms with Crippen molar-refractivity contribution in [3.63, 3.8) is 0 Å². The summed E-state index contributed by atoms with van der Waals surface area (Å²) >= 11 is 1.98. The molecule has 5 nitrogen and oxygen atoms in total. The van der Waals surface area contributed by atoms with E-state index in [4.69, 9.17) is 5.84 Å². The molecule has 0 aliphatic carbocycles. The van der Waals surface area contributed by atoms with Crippen molar-refractivity contribution in [2.24, 2.45) is 5.84 Å². The third-order valence-electron chi connectivity index (χ3n) is 3.09. The highest BCUT2D eigenvalue weighted by atomic mass is 32.2. The van der Waals surface area contributed by atoms with Gasteiger partial charge < -0.3 is 10.7 Å². The zero-order valence-corrected chi connectivity index (χ0v) is 12.0. The standard InChI is InChI=1S/C12H21N5S/c1-7(2)10-15-11(8(3)12(16-10)17-13)14-9-4-5-18-6-9/h7,9H,4-6,13H2,1-3H3,(H2,14,15,16,17). The van der Waals surface area contributed by atoms with Crippen molar-refractivity contribution in [3.8, 4) is 0 Å². The molecule has 1 fully saturated rings. The fourth-order valence-corrected chi connectivity index (χ4v) is 3.07. The first-order valence-corrected chi connectivity index (χ1v) is 7.46. The first-order valence-electron chi connectivity index (χ1n) is 6.31. The van der Waals surface area contributed by atoms with Gasteiger partial charge in [0, 0.05) is 23.3 Å². The van der Waals surface area contributed by atoms with Crippen molar-refractivity contribution in [1.82, 2.24) is 9.97 Å². The van der Waals surface area contributed by atoms with Gasteiger partial charge in [-0.1, -0.05) is 13.8 Å². The van der Waals surface area contributed by atoms with E-state index in [0.717, 1.165) is 23.0 Å². The molecule has 0 saturated carbocycles. The molecule has 18 heavy (non-hydrogen) atoms. The Labute approximate surface area is 112 Å². The van der Waals surface area contributed by atoms with Gasteiger partial charge in [0.25, 0.3) is 0 Å². The second-order valence-electron chi connectivity index (χ2n) is 4.91. The maximum atomic E-state index is 5.52. The lowest BCUT2D eigenvalue weighted by Crippen LogP contribution is -2.22. The zero-order chi connectivity index (χ0) is 13.1. The van der Waals surface area contributed by atoms with Crippen LogP contribution in [0.4, 0.5) is 11.6 Å². The summed E-state index contributed by atoms with van der Waals surface area (Å²) in [7, 11) is 0. The molecule has 1 aromatic rings. The van der Waals surface area contributed by atoms with Crippen LogP contribution >= 0.6 is 11.8 Å². The summed E-state index contributed by atoms with van der Waals surface area (Å²) in [6.07, 6.45) is 1.19. The molecule has 1 aliphatic heterocycles. The summed E-state index contributed by atoms with van der Waals surface area (Å²) in [5, 5.41) is 3.51. The molecule has 1 saturated heterocycles. The van der Waals surface area contributed by atoms with Crippen LogP contribution in [-0.4, -0.2) is 27.5 Å². The third kappa shape index (κ3) is 2.87. The molecule has 2 rings (SSSR count). The average Bonchev–Trinajstić information content (AvgIpc) is 2.84. The molecule has 2 heterocycles. The molecule has 6 heteroatoms. The van der Waals surface area contributed by atoms with E-state index in [-0.39, 0.29) is 5.92 Å². The van der Waals surface area contributed by atoms with Crippen LogP contribution in [0.5, 0.6) is 0 Å². The van der Waals surface area contributed by atoms with Crippen LogP contribution in [0.2, 0.25) is 0 Å². The number of nitrogens with zero attached hydrogens (tertiary/aromatic N) is 2. The first kappa shape index (κ1) is 13.4. The second-order valence-corrected chi connectivity index (χ2v) is 6.06. The van der Waals surface area contributed by atoms with Gasteiger partial charge in [-0.05, 0) is 19.1 Å². The molecule has 0 spiro atoms. The highest BCUT2D eigenvalue weighted by Gasteiger charge is 2.19. The Balaban J connectivity index is 2.28. The van der Waals surface area contributed by atoms with E-state index in [0.29, 0.717) is 11.9 Å². The number of hydrazine groups is 1. The van der Waals surface area contributed by atoms with E-state index < -0.39 is 0 Å². The normalized spacial score (nSPS) is 19.3. The Bertz CT molecular complexity index is 415. The Morgan fingerprint density at radius 3 is 2.61 bits per heavy atom. The number of rotatable bonds is 4. The molecular formula is C12H21N5S. The van der Waals surface area contributed by atoms with Crippen LogP contribution in [0.3, 0.4) is 0 Å². The van der Waals surface area contributed by atoms with Crippen LogP contribution in [0.15, 0.2) is 0 Å². The molecule has 1 atom stereocenters. The van der Waals surface area contributed by atoms with Crippen LogP contribution in [0, 0.1) is 6.92 Å². The molecule has 1 unspecified atom stereocenters. The highest BCUT2D eigenvalue weighted by molar-refractivity contribution is 7.99. The summed E-state index contributed by atoms with van der Waals surface area (Å²) in [5.74, 6) is 10.6. The van der Waals surface area contributed by atoms with Crippen molar-refractivity contribution < 1.29 is 0 Å². The summed E-state index contributed by atoms with van der Waals surface area (Å²) < 4.78 is 0. The van der Waals surface area contributed by atoms with Gasteiger partial charge in [0.05, 0.1) is 0 Å². The Kier molecular flexibility index (Phi) is 4.29. The Morgan fingerprint density at radius 2 is 2.06 bits per heavy atom. The van der Waals surface area contributed by atoms with E-state index in [1.54, 1.807) is 0 Å². The molecule has 0 radical (unpaired) electrons. The Hall–Kier alpha value is -1.01. The van der Waals surface area contributed by atoms with Crippen molar-refractivity contribution in [1.29, 1.82) is 0 Å². The molecule has 4 N–H and O–H groups in total. The number of hydrogen-bond donors (Lipinski definition) is 3. The van der Waals surface area contributed by atoms with E-state index in [9.17, 15) is 0 Å². The number of hydrogen-bond acceptors (Lipinski definition) is 6. The first-order chi connectivity index (χ1) is 8.61. The maximum Gasteiger partial charge on any atom is 0.148 e. The fraction of sp³-hybridized carbons (Fsp3) is 0.667. The molecule has 0 aromatic carbocycles. The topological polar surface area (TPSA) is 75.9 Å². The van der Waals surface area contributed by atoms with Gasteiger partial charge in [0.15, 0.2) is 0 Å².